The average Bonchev–Trinajstić information content (AvgIpc) is 2.41. The van der Waals surface area contributed by atoms with Crippen molar-refractivity contribution in [1.82, 2.24) is 9.97 Å². The monoisotopic (exact) mass is 306 g/mol. The summed E-state index contributed by atoms with van der Waals surface area (Å²) < 4.78 is 41.7. The molecule has 2 N–H and O–H groups in total. The lowest BCUT2D eigenvalue weighted by molar-refractivity contribution is -0.131. The lowest BCUT2D eigenvalue weighted by Crippen LogP contribution is -2.16. The smallest absolute Gasteiger partial charge is 0.374 e. The van der Waals surface area contributed by atoms with Crippen molar-refractivity contribution in [3.63, 3.8) is 0 Å². The molecule has 21 heavy (non-hydrogen) atoms. The van der Waals surface area contributed by atoms with Gasteiger partial charge in [-0.15, -0.1) is 0 Å². The predicted molar refractivity (Wildman–Crippen MR) is 75.3 cm³/mol. The summed E-state index contributed by atoms with van der Waals surface area (Å²) in [7, 11) is 0. The highest BCUT2D eigenvalue weighted by atomic mass is 19.4. The summed E-state index contributed by atoms with van der Waals surface area (Å²) in [5.41, 5.74) is 0. The first-order valence-electron chi connectivity index (χ1n) is 6.94. The fourth-order valence-corrected chi connectivity index (χ4v) is 1.52. The van der Waals surface area contributed by atoms with Crippen LogP contribution in [0, 0.1) is 0 Å². The third kappa shape index (κ3) is 7.69. The molecule has 0 atom stereocenters. The summed E-state index contributed by atoms with van der Waals surface area (Å²) in [6.45, 7) is 5.12. The van der Waals surface area contributed by atoms with Crippen LogP contribution in [0.15, 0.2) is 6.07 Å². The first kappa shape index (κ1) is 17.5. The van der Waals surface area contributed by atoms with Crippen molar-refractivity contribution in [1.29, 1.82) is 0 Å². The van der Waals surface area contributed by atoms with E-state index in [2.05, 4.69) is 20.6 Å². The van der Waals surface area contributed by atoms with E-state index in [1.165, 1.54) is 0 Å². The van der Waals surface area contributed by atoms with Crippen LogP contribution < -0.4 is 10.6 Å². The molecule has 0 unspecified atom stereocenters. The molecule has 0 aliphatic rings. The number of rotatable bonds is 9. The van der Waals surface area contributed by atoms with Crippen LogP contribution in [0.25, 0.3) is 0 Å². The van der Waals surface area contributed by atoms with Crippen molar-refractivity contribution in [2.75, 3.05) is 30.3 Å². The molecule has 0 aromatic carbocycles. The van der Waals surface area contributed by atoms with Gasteiger partial charge in [-0.25, -0.2) is 9.97 Å². The largest absolute Gasteiger partial charge is 0.390 e. The highest BCUT2D eigenvalue weighted by Crippen LogP contribution is 2.19. The van der Waals surface area contributed by atoms with Crippen LogP contribution in [0.1, 0.15) is 32.5 Å². The Morgan fingerprint density at radius 3 is 2.24 bits per heavy atom. The molecule has 0 fully saturated rings. The summed E-state index contributed by atoms with van der Waals surface area (Å²) in [5, 5.41) is 5.76. The first-order chi connectivity index (χ1) is 9.94. The molecule has 1 aromatic heterocycles. The van der Waals surface area contributed by atoms with Gasteiger partial charge in [-0.3, -0.25) is 0 Å². The summed E-state index contributed by atoms with van der Waals surface area (Å²) in [5.74, 6) is 1.38. The molecule has 0 aliphatic heterocycles. The van der Waals surface area contributed by atoms with Crippen LogP contribution in [0.4, 0.5) is 24.8 Å². The summed E-state index contributed by atoms with van der Waals surface area (Å²) >= 11 is 0. The maximum absolute atomic E-state index is 12.1. The zero-order valence-corrected chi connectivity index (χ0v) is 12.3. The van der Waals surface area contributed by atoms with Crippen molar-refractivity contribution in [2.45, 2.75) is 39.5 Å². The molecule has 0 saturated heterocycles. The van der Waals surface area contributed by atoms with E-state index in [0.29, 0.717) is 24.1 Å². The van der Waals surface area contributed by atoms with Crippen molar-refractivity contribution >= 4 is 11.6 Å². The molecule has 5 nitrogen and oxygen atoms in total. The minimum absolute atomic E-state index is 0.220. The van der Waals surface area contributed by atoms with E-state index < -0.39 is 12.6 Å². The van der Waals surface area contributed by atoms with Crippen molar-refractivity contribution in [2.24, 2.45) is 0 Å². The van der Waals surface area contributed by atoms with Gasteiger partial charge in [0.2, 0.25) is 0 Å². The van der Waals surface area contributed by atoms with E-state index >= 15 is 0 Å². The molecule has 0 saturated carbocycles. The van der Waals surface area contributed by atoms with Crippen LogP contribution >= 0.6 is 0 Å². The highest BCUT2D eigenvalue weighted by molar-refractivity contribution is 5.47. The molecule has 120 valence electrons. The molecule has 8 heteroatoms. The van der Waals surface area contributed by atoms with Gasteiger partial charge in [0.25, 0.3) is 0 Å². The zero-order chi connectivity index (χ0) is 15.7. The second-order valence-corrected chi connectivity index (χ2v) is 4.41. The topological polar surface area (TPSA) is 59.1 Å². The summed E-state index contributed by atoms with van der Waals surface area (Å²) in [6, 6.07) is 1.60. The Bertz CT molecular complexity index is 400. The second-order valence-electron chi connectivity index (χ2n) is 4.41. The number of nitrogens with zero attached hydrogens (tertiary/aromatic N) is 2. The second kappa shape index (κ2) is 8.66. The zero-order valence-electron chi connectivity index (χ0n) is 12.3. The van der Waals surface area contributed by atoms with Crippen molar-refractivity contribution in [3.8, 4) is 0 Å². The summed E-state index contributed by atoms with van der Waals surface area (Å²) in [6.07, 6.45) is -4.17. The van der Waals surface area contributed by atoms with Gasteiger partial charge in [0, 0.05) is 25.8 Å². The molecule has 1 heterocycles. The van der Waals surface area contributed by atoms with Crippen LogP contribution in [0.5, 0.6) is 0 Å². The van der Waals surface area contributed by atoms with Gasteiger partial charge in [-0.2, -0.15) is 13.2 Å². The normalized spacial score (nSPS) is 11.5. The van der Waals surface area contributed by atoms with E-state index in [4.69, 9.17) is 4.74 Å². The van der Waals surface area contributed by atoms with Crippen LogP contribution in [0.2, 0.25) is 0 Å². The Labute approximate surface area is 122 Å². The number of ether oxygens (including phenoxy) is 1. The predicted octanol–water partition coefficient (Wildman–Crippen LogP) is 3.20. The van der Waals surface area contributed by atoms with E-state index in [1.54, 1.807) is 6.07 Å². The van der Waals surface area contributed by atoms with Crippen LogP contribution in [-0.4, -0.2) is 35.8 Å². The van der Waals surface area contributed by atoms with E-state index in [0.717, 1.165) is 13.0 Å². The molecule has 0 aliphatic carbocycles. The number of halogens is 3. The molecule has 0 radical (unpaired) electrons. The molecular weight excluding hydrogens is 285 g/mol. The fourth-order valence-electron chi connectivity index (χ4n) is 1.52. The molecule has 0 amide bonds. The van der Waals surface area contributed by atoms with E-state index in [-0.39, 0.29) is 13.2 Å². The SMILES string of the molecule is CCCNc1cc(NCCC(F)(F)F)nc(COCC)n1. The maximum atomic E-state index is 12.1. The average molecular weight is 306 g/mol. The number of hydrogen-bond donors (Lipinski definition) is 2. The number of alkyl halides is 3. The molecule has 1 rings (SSSR count). The Hall–Kier alpha value is -1.57. The third-order valence-corrected chi connectivity index (χ3v) is 2.48. The Morgan fingerprint density at radius 1 is 1.10 bits per heavy atom. The molecular formula is C13H21F3N4O. The molecule has 0 bridgehead atoms. The van der Waals surface area contributed by atoms with Gasteiger partial charge >= 0.3 is 6.18 Å². The number of hydrogen-bond acceptors (Lipinski definition) is 5. The van der Waals surface area contributed by atoms with Gasteiger partial charge < -0.3 is 15.4 Å². The highest BCUT2D eigenvalue weighted by Gasteiger charge is 2.26. The Balaban J connectivity index is 2.70. The van der Waals surface area contributed by atoms with E-state index in [1.807, 2.05) is 13.8 Å². The number of aromatic nitrogens is 2. The third-order valence-electron chi connectivity index (χ3n) is 2.48. The lowest BCUT2D eigenvalue weighted by Gasteiger charge is -2.12. The Morgan fingerprint density at radius 2 is 1.71 bits per heavy atom. The van der Waals surface area contributed by atoms with Gasteiger partial charge in [-0.05, 0) is 13.3 Å². The van der Waals surface area contributed by atoms with E-state index in [9.17, 15) is 13.2 Å². The van der Waals surface area contributed by atoms with Gasteiger partial charge in [0.1, 0.15) is 18.2 Å². The van der Waals surface area contributed by atoms with Gasteiger partial charge in [-0.1, -0.05) is 6.92 Å². The molecule has 0 spiro atoms. The quantitative estimate of drug-likeness (QED) is 0.733. The van der Waals surface area contributed by atoms with Gasteiger partial charge in [0.15, 0.2) is 5.82 Å². The molecule has 1 aromatic rings. The maximum Gasteiger partial charge on any atom is 0.390 e. The van der Waals surface area contributed by atoms with Gasteiger partial charge in [0.05, 0.1) is 6.42 Å². The van der Waals surface area contributed by atoms with Crippen molar-refractivity contribution < 1.29 is 17.9 Å². The fraction of sp³-hybridized carbons (Fsp3) is 0.692. The van der Waals surface area contributed by atoms with Crippen LogP contribution in [-0.2, 0) is 11.3 Å². The number of anilines is 2. The van der Waals surface area contributed by atoms with Crippen molar-refractivity contribution in [3.05, 3.63) is 11.9 Å². The minimum Gasteiger partial charge on any atom is -0.374 e. The first-order valence-corrected chi connectivity index (χ1v) is 6.94. The number of nitrogens with one attached hydrogen (secondary N) is 2. The standard InChI is InChI=1S/C13H21F3N4O/c1-3-6-17-10-8-11(18-7-5-13(14,15)16)20-12(19-10)9-21-4-2/h8H,3-7,9H2,1-2H3,(H2,17,18,19,20). The Kier molecular flexibility index (Phi) is 7.21. The summed E-state index contributed by atoms with van der Waals surface area (Å²) in [4.78, 5) is 8.40. The minimum atomic E-state index is -4.18. The van der Waals surface area contributed by atoms with Crippen LogP contribution in [0.3, 0.4) is 0 Å². The lowest BCUT2D eigenvalue weighted by atomic mass is 10.4.